The summed E-state index contributed by atoms with van der Waals surface area (Å²) in [6.07, 6.45) is 0.781. The van der Waals surface area contributed by atoms with Gasteiger partial charge in [0.1, 0.15) is 5.54 Å². The van der Waals surface area contributed by atoms with E-state index in [-0.39, 0.29) is 11.8 Å². The molecule has 1 aliphatic rings. The molecule has 1 fully saturated rings. The van der Waals surface area contributed by atoms with E-state index in [0.717, 1.165) is 0 Å². The molecule has 0 radical (unpaired) electrons. The smallest absolute Gasteiger partial charge is 0.247 e. The van der Waals surface area contributed by atoms with Crippen molar-refractivity contribution < 1.29 is 9.59 Å². The van der Waals surface area contributed by atoms with Gasteiger partial charge in [-0.3, -0.25) is 14.9 Å². The summed E-state index contributed by atoms with van der Waals surface area (Å²) in [4.78, 5) is 24.1. The third-order valence-corrected chi connectivity index (χ3v) is 2.23. The third kappa shape index (κ3) is 1.52. The fourth-order valence-corrected chi connectivity index (χ4v) is 1.07. The first-order chi connectivity index (χ1) is 5.08. The van der Waals surface area contributed by atoms with Crippen LogP contribution in [-0.4, -0.2) is 17.4 Å². The number of rotatable bonds is 1. The molecule has 1 rings (SSSR count). The van der Waals surface area contributed by atoms with Gasteiger partial charge in [-0.25, -0.2) is 4.84 Å². The van der Waals surface area contributed by atoms with Crippen LogP contribution in [0.15, 0.2) is 0 Å². The summed E-state index contributed by atoms with van der Waals surface area (Å²) >= 11 is 5.34. The minimum atomic E-state index is -0.796. The molecule has 0 aliphatic carbocycles. The second-order valence-corrected chi connectivity index (χ2v) is 2.99. The van der Waals surface area contributed by atoms with Crippen LogP contribution >= 0.6 is 11.8 Å². The van der Waals surface area contributed by atoms with Crippen molar-refractivity contribution >= 4 is 23.6 Å². The minimum Gasteiger partial charge on any atom is -0.295 e. The summed E-state index contributed by atoms with van der Waals surface area (Å²) in [5.74, 6) is -0.594. The first-order valence-electron chi connectivity index (χ1n) is 3.30. The van der Waals surface area contributed by atoms with Crippen LogP contribution in [0.25, 0.3) is 0 Å². The Bertz CT molecular complexity index is 207. The average molecular weight is 177 g/mol. The maximum absolute atomic E-state index is 11.1. The fraction of sp³-hybridized carbons (Fsp3) is 0.667. The maximum Gasteiger partial charge on any atom is 0.247 e. The largest absolute Gasteiger partial charge is 0.295 e. The van der Waals surface area contributed by atoms with Crippen LogP contribution in [0.2, 0.25) is 0 Å². The van der Waals surface area contributed by atoms with E-state index in [0.29, 0.717) is 12.8 Å². The van der Waals surface area contributed by atoms with Gasteiger partial charge in [0.05, 0.1) is 0 Å². The van der Waals surface area contributed by atoms with Gasteiger partial charge in [-0.05, 0) is 25.1 Å². The number of imide groups is 1. The van der Waals surface area contributed by atoms with Crippen molar-refractivity contribution in [2.75, 3.05) is 0 Å². The van der Waals surface area contributed by atoms with Gasteiger partial charge in [-0.2, -0.15) is 0 Å². The van der Waals surface area contributed by atoms with Gasteiger partial charge in [0.2, 0.25) is 11.8 Å². The van der Waals surface area contributed by atoms with Gasteiger partial charge in [0.25, 0.3) is 0 Å². The van der Waals surface area contributed by atoms with Crippen molar-refractivity contribution in [1.29, 1.82) is 0 Å². The van der Waals surface area contributed by atoms with Crippen molar-refractivity contribution in [2.45, 2.75) is 25.3 Å². The highest BCUT2D eigenvalue weighted by Crippen LogP contribution is 2.17. The van der Waals surface area contributed by atoms with Crippen molar-refractivity contribution in [3.63, 3.8) is 0 Å². The Morgan fingerprint density at radius 2 is 2.27 bits per heavy atom. The molecule has 1 atom stereocenters. The van der Waals surface area contributed by atoms with E-state index in [1.165, 1.54) is 0 Å². The Hall–Kier alpha value is -0.610. The van der Waals surface area contributed by atoms with Crippen LogP contribution in [0.1, 0.15) is 19.8 Å². The highest BCUT2D eigenvalue weighted by atomic mass is 35.5. The lowest BCUT2D eigenvalue weighted by Crippen LogP contribution is -2.57. The van der Waals surface area contributed by atoms with Crippen molar-refractivity contribution in [3.8, 4) is 0 Å². The Balaban J connectivity index is 2.71. The van der Waals surface area contributed by atoms with Gasteiger partial charge < -0.3 is 0 Å². The number of nitrogens with one attached hydrogen (secondary N) is 2. The average Bonchev–Trinajstić information content (AvgIpc) is 1.98. The number of halogens is 1. The Morgan fingerprint density at radius 1 is 1.64 bits per heavy atom. The molecule has 1 aliphatic heterocycles. The predicted octanol–water partition coefficient (Wildman–Crippen LogP) is -0.0749. The summed E-state index contributed by atoms with van der Waals surface area (Å²) in [7, 11) is 0. The number of hydrogen-bond donors (Lipinski definition) is 2. The summed E-state index contributed by atoms with van der Waals surface area (Å²) in [6, 6.07) is 0. The summed E-state index contributed by atoms with van der Waals surface area (Å²) < 4.78 is 0. The molecule has 62 valence electrons. The zero-order valence-electron chi connectivity index (χ0n) is 6.11. The van der Waals surface area contributed by atoms with Crippen molar-refractivity contribution in [3.05, 3.63) is 0 Å². The zero-order chi connectivity index (χ0) is 8.48. The molecule has 0 bridgehead atoms. The molecule has 2 N–H and O–H groups in total. The predicted molar refractivity (Wildman–Crippen MR) is 39.8 cm³/mol. The summed E-state index contributed by atoms with van der Waals surface area (Å²) in [5, 5.41) is 2.20. The quantitative estimate of drug-likeness (QED) is 0.434. The van der Waals surface area contributed by atoms with E-state index in [2.05, 4.69) is 10.2 Å². The van der Waals surface area contributed by atoms with E-state index in [1.807, 2.05) is 0 Å². The molecule has 5 heteroatoms. The van der Waals surface area contributed by atoms with Crippen LogP contribution in [-0.2, 0) is 9.59 Å². The number of hydrogen-bond acceptors (Lipinski definition) is 3. The topological polar surface area (TPSA) is 58.2 Å². The van der Waals surface area contributed by atoms with E-state index in [4.69, 9.17) is 11.8 Å². The van der Waals surface area contributed by atoms with Crippen LogP contribution in [0.4, 0.5) is 0 Å². The Labute approximate surface area is 69.4 Å². The first kappa shape index (κ1) is 8.49. The number of piperidine rings is 1. The molecule has 11 heavy (non-hydrogen) atoms. The molecule has 0 aromatic heterocycles. The number of carbonyl (C=O) groups excluding carboxylic acids is 2. The summed E-state index contributed by atoms with van der Waals surface area (Å²) in [6.45, 7) is 1.65. The highest BCUT2D eigenvalue weighted by Gasteiger charge is 2.37. The van der Waals surface area contributed by atoms with Gasteiger partial charge in [-0.1, -0.05) is 0 Å². The molecular weight excluding hydrogens is 168 g/mol. The molecule has 1 heterocycles. The van der Waals surface area contributed by atoms with Gasteiger partial charge in [0.15, 0.2) is 0 Å². The lowest BCUT2D eigenvalue weighted by atomic mass is 9.92. The Kier molecular flexibility index (Phi) is 2.15. The molecule has 1 unspecified atom stereocenters. The maximum atomic E-state index is 11.1. The number of carbonyl (C=O) groups is 2. The van der Waals surface area contributed by atoms with Gasteiger partial charge >= 0.3 is 0 Å². The normalized spacial score (nSPS) is 31.8. The second kappa shape index (κ2) is 2.79. The van der Waals surface area contributed by atoms with Gasteiger partial charge in [0, 0.05) is 6.42 Å². The fourth-order valence-electron chi connectivity index (χ4n) is 0.894. The first-order valence-corrected chi connectivity index (χ1v) is 3.68. The van der Waals surface area contributed by atoms with Crippen LogP contribution < -0.4 is 10.2 Å². The SMILES string of the molecule is CC1(NCl)CCC(=O)NC1=O. The second-order valence-electron chi connectivity index (χ2n) is 2.80. The molecular formula is C6H9ClN2O2. The van der Waals surface area contributed by atoms with Crippen LogP contribution in [0.5, 0.6) is 0 Å². The van der Waals surface area contributed by atoms with E-state index >= 15 is 0 Å². The van der Waals surface area contributed by atoms with Crippen LogP contribution in [0.3, 0.4) is 0 Å². The van der Waals surface area contributed by atoms with E-state index < -0.39 is 5.54 Å². The minimum absolute atomic E-state index is 0.237. The van der Waals surface area contributed by atoms with E-state index in [1.54, 1.807) is 6.92 Å². The summed E-state index contributed by atoms with van der Waals surface area (Å²) in [5.41, 5.74) is -0.796. The lowest BCUT2D eigenvalue weighted by Gasteiger charge is -2.29. The lowest BCUT2D eigenvalue weighted by molar-refractivity contribution is -0.137. The molecule has 2 amide bonds. The van der Waals surface area contributed by atoms with Crippen molar-refractivity contribution in [1.82, 2.24) is 10.2 Å². The Morgan fingerprint density at radius 3 is 2.73 bits per heavy atom. The third-order valence-electron chi connectivity index (χ3n) is 1.81. The standard InChI is InChI=1S/C6H9ClN2O2/c1-6(9-7)3-2-4(10)8-5(6)11/h9H,2-3H2,1H3,(H,8,10,11). The molecule has 0 spiro atoms. The molecule has 1 saturated heterocycles. The molecule has 0 aromatic rings. The number of amides is 2. The molecule has 0 saturated carbocycles. The zero-order valence-corrected chi connectivity index (χ0v) is 6.86. The molecule has 0 aromatic carbocycles. The van der Waals surface area contributed by atoms with E-state index in [9.17, 15) is 9.59 Å². The van der Waals surface area contributed by atoms with Gasteiger partial charge in [-0.15, -0.1) is 0 Å². The monoisotopic (exact) mass is 176 g/mol. The van der Waals surface area contributed by atoms with Crippen molar-refractivity contribution in [2.24, 2.45) is 0 Å². The van der Waals surface area contributed by atoms with Crippen LogP contribution in [0, 0.1) is 0 Å². The highest BCUT2D eigenvalue weighted by molar-refractivity contribution is 6.17. The molecule has 4 nitrogen and oxygen atoms in total.